The lowest BCUT2D eigenvalue weighted by Crippen LogP contribution is -2.25. The Morgan fingerprint density at radius 2 is 2.21 bits per heavy atom. The molecule has 7 heteroatoms. The molecule has 0 saturated heterocycles. The van der Waals surface area contributed by atoms with Gasteiger partial charge in [0.25, 0.3) is 0 Å². The van der Waals surface area contributed by atoms with E-state index in [0.29, 0.717) is 5.69 Å². The number of hydrogen-bond donors (Lipinski definition) is 0. The average Bonchev–Trinajstić information content (AvgIpc) is 2.73. The molecule has 0 fully saturated rings. The Morgan fingerprint density at radius 3 is 2.84 bits per heavy atom. The van der Waals surface area contributed by atoms with Crippen LogP contribution < -0.4 is 0 Å². The van der Waals surface area contributed by atoms with Crippen LogP contribution in [0.25, 0.3) is 5.52 Å². The third-order valence-electron chi connectivity index (χ3n) is 2.42. The highest BCUT2D eigenvalue weighted by Gasteiger charge is 2.26. The monoisotopic (exact) mass is 301 g/mol. The normalized spacial score (nSPS) is 14.4. The molecule has 1 unspecified atom stereocenters. The van der Waals surface area contributed by atoms with Gasteiger partial charge in [0.1, 0.15) is 39.9 Å². The second-order valence-corrected chi connectivity index (χ2v) is 7.30. The first-order valence-corrected chi connectivity index (χ1v) is 7.06. The second kappa shape index (κ2) is 5.11. The van der Waals surface area contributed by atoms with Gasteiger partial charge in [-0.15, -0.1) is 0 Å². The van der Waals surface area contributed by atoms with Gasteiger partial charge in [0, 0.05) is 6.20 Å². The molecule has 1 atom stereocenters. The number of aromatic nitrogens is 2. The van der Waals surface area contributed by atoms with Crippen LogP contribution in [0.3, 0.4) is 0 Å². The van der Waals surface area contributed by atoms with E-state index < -0.39 is 21.9 Å². The first-order valence-electron chi connectivity index (χ1n) is 5.57. The molecule has 0 aliphatic carbocycles. The summed E-state index contributed by atoms with van der Waals surface area (Å²) in [5.74, 6) is -0.565. The average molecular weight is 302 g/mol. The van der Waals surface area contributed by atoms with Crippen LogP contribution in [-0.2, 0) is 11.4 Å². The molecule has 102 valence electrons. The smallest absolute Gasteiger partial charge is 0.168 e. The highest BCUT2D eigenvalue weighted by Crippen LogP contribution is 2.22. The van der Waals surface area contributed by atoms with Crippen molar-refractivity contribution in [3.05, 3.63) is 35.1 Å². The van der Waals surface area contributed by atoms with E-state index in [9.17, 15) is 8.94 Å². The third-order valence-corrected chi connectivity index (χ3v) is 4.05. The van der Waals surface area contributed by atoms with Crippen LogP contribution >= 0.6 is 11.6 Å². The van der Waals surface area contributed by atoms with E-state index in [-0.39, 0.29) is 10.5 Å². The van der Waals surface area contributed by atoms with Gasteiger partial charge < -0.3 is 8.95 Å². The van der Waals surface area contributed by atoms with E-state index in [1.165, 1.54) is 23.0 Å². The number of imidazole rings is 1. The summed E-state index contributed by atoms with van der Waals surface area (Å²) in [5, 5.41) is 0.0135. The molecule has 2 aromatic rings. The summed E-state index contributed by atoms with van der Waals surface area (Å²) in [5.41, 5.74) is 0.528. The van der Waals surface area contributed by atoms with Crippen molar-refractivity contribution in [1.29, 1.82) is 0 Å². The summed E-state index contributed by atoms with van der Waals surface area (Å²) >= 11 is 4.32. The zero-order chi connectivity index (χ0) is 14.2. The molecule has 2 heterocycles. The number of hydrogen-bond acceptors (Lipinski definition) is 3. The van der Waals surface area contributed by atoms with E-state index in [0.717, 1.165) is 0 Å². The predicted molar refractivity (Wildman–Crippen MR) is 75.6 cm³/mol. The second-order valence-electron chi connectivity index (χ2n) is 4.96. The Morgan fingerprint density at radius 1 is 1.53 bits per heavy atom. The Labute approximate surface area is 118 Å². The maximum atomic E-state index is 13.9. The molecule has 19 heavy (non-hydrogen) atoms. The van der Waals surface area contributed by atoms with Crippen LogP contribution in [0, 0.1) is 5.82 Å². The molecule has 0 aliphatic rings. The van der Waals surface area contributed by atoms with Crippen molar-refractivity contribution in [2.24, 2.45) is 4.40 Å². The van der Waals surface area contributed by atoms with Crippen LogP contribution in [0.2, 0.25) is 5.02 Å². The standard InChI is InChI=1S/C12H13ClFN3OS/c1-12(2,3)19(18)16-6-9-11-10(14)8(13)4-5-17(11)7-15-9/h4-7H,1-3H3/b16-6-. The van der Waals surface area contributed by atoms with E-state index in [2.05, 4.69) is 9.38 Å². The summed E-state index contributed by atoms with van der Waals surface area (Å²) in [6, 6.07) is 1.44. The molecular formula is C12H13ClFN3OS. The lowest BCUT2D eigenvalue weighted by atomic mass is 10.3. The van der Waals surface area contributed by atoms with Crippen LogP contribution in [0.1, 0.15) is 26.5 Å². The van der Waals surface area contributed by atoms with Crippen molar-refractivity contribution in [2.75, 3.05) is 0 Å². The maximum absolute atomic E-state index is 13.9. The van der Waals surface area contributed by atoms with Crippen molar-refractivity contribution in [3.63, 3.8) is 0 Å². The number of halogens is 2. The van der Waals surface area contributed by atoms with E-state index in [4.69, 9.17) is 11.6 Å². The number of fused-ring (bicyclic) bond motifs is 1. The van der Waals surface area contributed by atoms with Crippen LogP contribution in [-0.4, -0.2) is 24.9 Å². The summed E-state index contributed by atoms with van der Waals surface area (Å²) in [6.07, 6.45) is 4.37. The van der Waals surface area contributed by atoms with Gasteiger partial charge in [-0.2, -0.15) is 0 Å². The molecule has 0 amide bonds. The Balaban J connectivity index is 2.42. The summed E-state index contributed by atoms with van der Waals surface area (Å²) < 4.78 is 30.7. The van der Waals surface area contributed by atoms with Gasteiger partial charge in [0.2, 0.25) is 0 Å². The largest absolute Gasteiger partial charge is 0.591 e. The Kier molecular flexibility index (Phi) is 3.85. The molecule has 0 aromatic carbocycles. The molecule has 2 aromatic heterocycles. The first kappa shape index (κ1) is 14.3. The van der Waals surface area contributed by atoms with Crippen LogP contribution in [0.15, 0.2) is 23.0 Å². The molecule has 0 saturated carbocycles. The molecule has 0 spiro atoms. The van der Waals surface area contributed by atoms with Gasteiger partial charge in [-0.3, -0.25) is 0 Å². The fraction of sp³-hybridized carbons (Fsp3) is 0.333. The highest BCUT2D eigenvalue weighted by atomic mass is 35.5. The van der Waals surface area contributed by atoms with Crippen molar-refractivity contribution >= 4 is 34.7 Å². The fourth-order valence-corrected chi connectivity index (χ4v) is 2.05. The molecular weight excluding hydrogens is 289 g/mol. The van der Waals surface area contributed by atoms with Gasteiger partial charge in [0.15, 0.2) is 5.82 Å². The quantitative estimate of drug-likeness (QED) is 0.632. The molecule has 0 N–H and O–H groups in total. The number of rotatable bonds is 2. The van der Waals surface area contributed by atoms with Crippen molar-refractivity contribution in [1.82, 2.24) is 9.38 Å². The predicted octanol–water partition coefficient (Wildman–Crippen LogP) is 3.01. The van der Waals surface area contributed by atoms with Gasteiger partial charge in [-0.05, 0) is 26.8 Å². The topological polar surface area (TPSA) is 52.7 Å². The van der Waals surface area contributed by atoms with E-state index >= 15 is 0 Å². The number of nitrogens with zero attached hydrogens (tertiary/aromatic N) is 3. The van der Waals surface area contributed by atoms with Crippen molar-refractivity contribution in [3.8, 4) is 0 Å². The molecule has 0 radical (unpaired) electrons. The zero-order valence-electron chi connectivity index (χ0n) is 10.7. The minimum atomic E-state index is -1.41. The Hall–Kier alpha value is -1.11. The molecule has 4 nitrogen and oxygen atoms in total. The third kappa shape index (κ3) is 2.91. The van der Waals surface area contributed by atoms with Gasteiger partial charge in [-0.25, -0.2) is 9.37 Å². The maximum Gasteiger partial charge on any atom is 0.168 e. The van der Waals surface area contributed by atoms with Gasteiger partial charge in [0.05, 0.1) is 5.02 Å². The first-order chi connectivity index (χ1) is 8.80. The summed E-state index contributed by atoms with van der Waals surface area (Å²) in [6.45, 7) is 5.43. The van der Waals surface area contributed by atoms with E-state index in [1.54, 1.807) is 6.20 Å². The van der Waals surface area contributed by atoms with Crippen LogP contribution in [0.5, 0.6) is 0 Å². The van der Waals surface area contributed by atoms with Gasteiger partial charge in [-0.1, -0.05) is 16.0 Å². The SMILES string of the molecule is CC(C)(C)[S+]([O-])/N=C\c1ncn2ccc(Cl)c(F)c12. The van der Waals surface area contributed by atoms with Crippen molar-refractivity contribution in [2.45, 2.75) is 25.5 Å². The molecule has 0 aliphatic heterocycles. The Bertz CT molecular complexity index is 636. The lowest BCUT2D eigenvalue weighted by molar-refractivity contribution is 0.562. The van der Waals surface area contributed by atoms with Crippen LogP contribution in [0.4, 0.5) is 4.39 Å². The highest BCUT2D eigenvalue weighted by molar-refractivity contribution is 7.91. The number of pyridine rings is 1. The van der Waals surface area contributed by atoms with Gasteiger partial charge >= 0.3 is 0 Å². The molecule has 0 bridgehead atoms. The minimum absolute atomic E-state index is 0.0135. The fourth-order valence-electron chi connectivity index (χ4n) is 1.40. The summed E-state index contributed by atoms with van der Waals surface area (Å²) in [7, 11) is 0. The summed E-state index contributed by atoms with van der Waals surface area (Å²) in [4.78, 5) is 4.03. The van der Waals surface area contributed by atoms with Crippen molar-refractivity contribution < 1.29 is 8.94 Å². The zero-order valence-corrected chi connectivity index (χ0v) is 12.3. The van der Waals surface area contributed by atoms with E-state index in [1.807, 2.05) is 20.8 Å². The lowest BCUT2D eigenvalue weighted by Gasteiger charge is -2.17. The molecule has 2 rings (SSSR count). The minimum Gasteiger partial charge on any atom is -0.591 e.